The summed E-state index contributed by atoms with van der Waals surface area (Å²) >= 11 is 0. The highest BCUT2D eigenvalue weighted by atomic mass is 16.5. The standard InChI is InChI=1S/C20H26N4O3/c1-4-27-18-8-7-16(12-17(18)24-9-5-6-10-24)21-20(26)23(3)14-15-11-19(25)22(2)13-15/h5-10,12,15H,4,11,13-14H2,1-3H3,(H,21,26). The van der Waals surface area contributed by atoms with Crippen LogP contribution in [0.25, 0.3) is 5.69 Å². The highest BCUT2D eigenvalue weighted by Crippen LogP contribution is 2.27. The molecule has 7 heteroatoms. The Balaban J connectivity index is 1.68. The molecule has 1 aliphatic rings. The van der Waals surface area contributed by atoms with E-state index < -0.39 is 0 Å². The van der Waals surface area contributed by atoms with Crippen LogP contribution in [0.15, 0.2) is 42.7 Å². The van der Waals surface area contributed by atoms with Gasteiger partial charge in [0.15, 0.2) is 0 Å². The lowest BCUT2D eigenvalue weighted by atomic mass is 10.1. The molecule has 3 rings (SSSR count). The van der Waals surface area contributed by atoms with Gasteiger partial charge in [0.2, 0.25) is 5.91 Å². The second-order valence-electron chi connectivity index (χ2n) is 6.86. The van der Waals surface area contributed by atoms with Gasteiger partial charge >= 0.3 is 6.03 Å². The summed E-state index contributed by atoms with van der Waals surface area (Å²) in [4.78, 5) is 27.5. The van der Waals surface area contributed by atoms with Crippen LogP contribution in [0.5, 0.6) is 5.75 Å². The van der Waals surface area contributed by atoms with Gasteiger partial charge in [-0.05, 0) is 37.3 Å². The Morgan fingerprint density at radius 2 is 2.07 bits per heavy atom. The molecule has 1 atom stereocenters. The van der Waals surface area contributed by atoms with Crippen LogP contribution in [-0.2, 0) is 4.79 Å². The molecule has 0 saturated carbocycles. The summed E-state index contributed by atoms with van der Waals surface area (Å²) in [5, 5.41) is 2.93. The number of amides is 3. The highest BCUT2D eigenvalue weighted by Gasteiger charge is 2.28. The summed E-state index contributed by atoms with van der Waals surface area (Å²) in [5.41, 5.74) is 1.56. The molecule has 1 unspecified atom stereocenters. The van der Waals surface area contributed by atoms with Gasteiger partial charge in [0.05, 0.1) is 12.3 Å². The summed E-state index contributed by atoms with van der Waals surface area (Å²) in [5.74, 6) is 1.07. The zero-order valence-electron chi connectivity index (χ0n) is 16.0. The van der Waals surface area contributed by atoms with Gasteiger partial charge in [0.1, 0.15) is 5.75 Å². The van der Waals surface area contributed by atoms with E-state index in [4.69, 9.17) is 4.74 Å². The first kappa shape index (κ1) is 18.8. The van der Waals surface area contributed by atoms with Crippen LogP contribution in [0, 0.1) is 5.92 Å². The largest absolute Gasteiger partial charge is 0.492 e. The fourth-order valence-electron chi connectivity index (χ4n) is 3.34. The molecule has 7 nitrogen and oxygen atoms in total. The number of hydrogen-bond donors (Lipinski definition) is 1. The van der Waals surface area contributed by atoms with Gasteiger partial charge in [-0.2, -0.15) is 0 Å². The Hall–Kier alpha value is -2.96. The Morgan fingerprint density at radius 3 is 2.70 bits per heavy atom. The number of likely N-dealkylation sites (tertiary alicyclic amines) is 1. The lowest BCUT2D eigenvalue weighted by molar-refractivity contribution is -0.126. The molecule has 2 heterocycles. The highest BCUT2D eigenvalue weighted by molar-refractivity contribution is 5.89. The maximum Gasteiger partial charge on any atom is 0.321 e. The van der Waals surface area contributed by atoms with Crippen molar-refractivity contribution in [1.29, 1.82) is 0 Å². The molecule has 0 spiro atoms. The van der Waals surface area contributed by atoms with Gasteiger partial charge in [0.25, 0.3) is 0 Å². The van der Waals surface area contributed by atoms with E-state index in [1.54, 1.807) is 23.9 Å². The molecular weight excluding hydrogens is 344 g/mol. The smallest absolute Gasteiger partial charge is 0.321 e. The first-order valence-corrected chi connectivity index (χ1v) is 9.14. The van der Waals surface area contributed by atoms with E-state index >= 15 is 0 Å². The van der Waals surface area contributed by atoms with Crippen molar-refractivity contribution in [2.75, 3.05) is 39.1 Å². The number of aromatic nitrogens is 1. The predicted octanol–water partition coefficient (Wildman–Crippen LogP) is 2.82. The Bertz CT molecular complexity index is 804. The van der Waals surface area contributed by atoms with E-state index in [0.29, 0.717) is 31.8 Å². The lowest BCUT2D eigenvalue weighted by Gasteiger charge is -2.22. The molecule has 1 fully saturated rings. The van der Waals surface area contributed by atoms with E-state index in [1.165, 1.54) is 0 Å². The number of carbonyl (C=O) groups is 2. The van der Waals surface area contributed by atoms with Crippen molar-refractivity contribution in [2.45, 2.75) is 13.3 Å². The van der Waals surface area contributed by atoms with Crippen LogP contribution in [0.4, 0.5) is 10.5 Å². The zero-order valence-corrected chi connectivity index (χ0v) is 16.0. The van der Waals surface area contributed by atoms with Crippen LogP contribution in [0.1, 0.15) is 13.3 Å². The molecule has 27 heavy (non-hydrogen) atoms. The van der Waals surface area contributed by atoms with Crippen molar-refractivity contribution < 1.29 is 14.3 Å². The van der Waals surface area contributed by atoms with Gasteiger partial charge < -0.3 is 24.4 Å². The predicted molar refractivity (Wildman–Crippen MR) is 104 cm³/mol. The van der Waals surface area contributed by atoms with Crippen molar-refractivity contribution in [3.05, 3.63) is 42.7 Å². The van der Waals surface area contributed by atoms with Gasteiger partial charge in [-0.25, -0.2) is 4.79 Å². The minimum absolute atomic E-state index is 0.136. The number of urea groups is 1. The summed E-state index contributed by atoms with van der Waals surface area (Å²) < 4.78 is 7.65. The third-order valence-corrected chi connectivity index (χ3v) is 4.69. The lowest BCUT2D eigenvalue weighted by Crippen LogP contribution is -2.36. The van der Waals surface area contributed by atoms with Crippen molar-refractivity contribution in [2.24, 2.45) is 5.92 Å². The van der Waals surface area contributed by atoms with Gasteiger partial charge in [-0.1, -0.05) is 0 Å². The summed E-state index contributed by atoms with van der Waals surface area (Å²) in [6, 6.07) is 9.27. The Labute approximate surface area is 159 Å². The molecule has 1 saturated heterocycles. The van der Waals surface area contributed by atoms with E-state index in [9.17, 15) is 9.59 Å². The quantitative estimate of drug-likeness (QED) is 0.850. The molecule has 1 aromatic heterocycles. The number of anilines is 1. The van der Waals surface area contributed by atoms with Crippen molar-refractivity contribution in [3.8, 4) is 11.4 Å². The average molecular weight is 370 g/mol. The van der Waals surface area contributed by atoms with E-state index in [1.807, 2.05) is 54.2 Å². The topological polar surface area (TPSA) is 66.8 Å². The van der Waals surface area contributed by atoms with Crippen LogP contribution in [0.3, 0.4) is 0 Å². The normalized spacial score (nSPS) is 16.5. The van der Waals surface area contributed by atoms with Crippen molar-refractivity contribution in [1.82, 2.24) is 14.4 Å². The minimum atomic E-state index is -0.195. The third kappa shape index (κ3) is 4.42. The number of nitrogens with zero attached hydrogens (tertiary/aromatic N) is 3. The van der Waals surface area contributed by atoms with Crippen molar-refractivity contribution >= 4 is 17.6 Å². The van der Waals surface area contributed by atoms with Crippen LogP contribution in [-0.4, -0.2) is 60.1 Å². The van der Waals surface area contributed by atoms with Crippen molar-refractivity contribution in [3.63, 3.8) is 0 Å². The average Bonchev–Trinajstić information content (AvgIpc) is 3.27. The number of rotatable bonds is 6. The molecule has 0 bridgehead atoms. The monoisotopic (exact) mass is 370 g/mol. The molecule has 3 amide bonds. The fraction of sp³-hybridized carbons (Fsp3) is 0.400. The number of ether oxygens (including phenoxy) is 1. The number of hydrogen-bond acceptors (Lipinski definition) is 3. The Kier molecular flexibility index (Phi) is 5.69. The van der Waals surface area contributed by atoms with Crippen LogP contribution < -0.4 is 10.1 Å². The molecular formula is C20H26N4O3. The maximum atomic E-state index is 12.5. The Morgan fingerprint density at radius 1 is 1.33 bits per heavy atom. The summed E-state index contributed by atoms with van der Waals surface area (Å²) in [6.45, 7) is 3.74. The molecule has 0 radical (unpaired) electrons. The molecule has 1 N–H and O–H groups in total. The third-order valence-electron chi connectivity index (χ3n) is 4.69. The number of carbonyl (C=O) groups excluding carboxylic acids is 2. The van der Waals surface area contributed by atoms with Gasteiger partial charge in [-0.15, -0.1) is 0 Å². The summed E-state index contributed by atoms with van der Waals surface area (Å²) in [6.07, 6.45) is 4.36. The molecule has 1 aromatic carbocycles. The van der Waals surface area contributed by atoms with E-state index in [-0.39, 0.29) is 17.9 Å². The van der Waals surface area contributed by atoms with E-state index in [0.717, 1.165) is 11.4 Å². The first-order valence-electron chi connectivity index (χ1n) is 9.14. The molecule has 2 aromatic rings. The molecule has 0 aliphatic carbocycles. The minimum Gasteiger partial charge on any atom is -0.492 e. The molecule has 144 valence electrons. The fourth-order valence-corrected chi connectivity index (χ4v) is 3.34. The second kappa shape index (κ2) is 8.16. The van der Waals surface area contributed by atoms with E-state index in [2.05, 4.69) is 5.32 Å². The van der Waals surface area contributed by atoms with Crippen LogP contribution in [0.2, 0.25) is 0 Å². The maximum absolute atomic E-state index is 12.5. The van der Waals surface area contributed by atoms with Crippen LogP contribution >= 0.6 is 0 Å². The number of nitrogens with one attached hydrogen (secondary N) is 1. The first-order chi connectivity index (χ1) is 13.0. The summed E-state index contributed by atoms with van der Waals surface area (Å²) in [7, 11) is 3.55. The second-order valence-corrected chi connectivity index (χ2v) is 6.86. The zero-order chi connectivity index (χ0) is 19.4. The SMILES string of the molecule is CCOc1ccc(NC(=O)N(C)CC2CC(=O)N(C)C2)cc1-n1cccc1. The molecule has 1 aliphatic heterocycles. The van der Waals surface area contributed by atoms with Gasteiger partial charge in [0, 0.05) is 57.6 Å². The van der Waals surface area contributed by atoms with Gasteiger partial charge in [-0.3, -0.25) is 4.79 Å². The number of benzene rings is 1.